The predicted octanol–water partition coefficient (Wildman–Crippen LogP) is 1.24. The lowest BCUT2D eigenvalue weighted by Crippen LogP contribution is -2.37. The van der Waals surface area contributed by atoms with E-state index >= 15 is 0 Å². The summed E-state index contributed by atoms with van der Waals surface area (Å²) >= 11 is 0. The van der Waals surface area contributed by atoms with Gasteiger partial charge in [-0.25, -0.2) is 0 Å². The van der Waals surface area contributed by atoms with Gasteiger partial charge in [-0.15, -0.1) is 0 Å². The van der Waals surface area contributed by atoms with Crippen LogP contribution in [-0.2, 0) is 17.8 Å². The van der Waals surface area contributed by atoms with Gasteiger partial charge in [-0.2, -0.15) is 0 Å². The van der Waals surface area contributed by atoms with Gasteiger partial charge in [0.1, 0.15) is 5.75 Å². The first kappa shape index (κ1) is 12.5. The lowest BCUT2D eigenvalue weighted by Gasteiger charge is -2.14. The van der Waals surface area contributed by atoms with Crippen molar-refractivity contribution < 1.29 is 9.53 Å². The Hall–Kier alpha value is -1.55. The van der Waals surface area contributed by atoms with Crippen molar-refractivity contribution in [3.63, 3.8) is 0 Å². The number of rotatable bonds is 5. The molecule has 1 heterocycles. The highest BCUT2D eigenvalue weighted by atomic mass is 16.5. The fourth-order valence-corrected chi connectivity index (χ4v) is 2.69. The van der Waals surface area contributed by atoms with Crippen LogP contribution in [0.25, 0.3) is 0 Å². The van der Waals surface area contributed by atoms with Gasteiger partial charge in [0.05, 0.1) is 12.0 Å². The molecule has 1 fully saturated rings. The van der Waals surface area contributed by atoms with E-state index in [-0.39, 0.29) is 11.3 Å². The topological polar surface area (TPSA) is 50.4 Å². The summed E-state index contributed by atoms with van der Waals surface area (Å²) < 4.78 is 5.48. The van der Waals surface area contributed by atoms with Crippen LogP contribution in [0.2, 0.25) is 0 Å². The smallest absolute Gasteiger partial charge is 0.227 e. The summed E-state index contributed by atoms with van der Waals surface area (Å²) in [5.74, 6) is 1.17. The fourth-order valence-electron chi connectivity index (χ4n) is 2.69. The first-order valence-corrected chi connectivity index (χ1v) is 6.91. The average Bonchev–Trinajstić information content (AvgIpc) is 3.05. The number of benzene rings is 1. The third-order valence-electron chi connectivity index (χ3n) is 4.06. The Morgan fingerprint density at radius 2 is 2.26 bits per heavy atom. The summed E-state index contributed by atoms with van der Waals surface area (Å²) in [7, 11) is 1.90. The number of fused-ring (bicyclic) bond motifs is 1. The lowest BCUT2D eigenvalue weighted by atomic mass is 10.1. The summed E-state index contributed by atoms with van der Waals surface area (Å²) in [6, 6.07) is 6.17. The van der Waals surface area contributed by atoms with Gasteiger partial charge in [0.25, 0.3) is 0 Å². The summed E-state index contributed by atoms with van der Waals surface area (Å²) in [6.07, 6.45) is 2.97. The molecule has 3 rings (SSSR count). The highest BCUT2D eigenvalue weighted by molar-refractivity contribution is 5.85. The third-order valence-corrected chi connectivity index (χ3v) is 4.06. The standard InChI is InChI=1S/C15H20N2O2/c1-16-10-15(5-6-15)14(18)17-9-11-2-3-13-12(8-11)4-7-19-13/h2-3,8,16H,4-7,9-10H2,1H3,(H,17,18). The van der Waals surface area contributed by atoms with Crippen molar-refractivity contribution >= 4 is 5.91 Å². The molecule has 0 radical (unpaired) electrons. The number of nitrogens with one attached hydrogen (secondary N) is 2. The Morgan fingerprint density at radius 3 is 3.00 bits per heavy atom. The van der Waals surface area contributed by atoms with Gasteiger partial charge in [0.2, 0.25) is 5.91 Å². The minimum atomic E-state index is -0.144. The van der Waals surface area contributed by atoms with Gasteiger partial charge < -0.3 is 15.4 Å². The number of hydrogen-bond donors (Lipinski definition) is 2. The quantitative estimate of drug-likeness (QED) is 0.837. The maximum Gasteiger partial charge on any atom is 0.227 e. The number of amides is 1. The van der Waals surface area contributed by atoms with Crippen molar-refractivity contribution in [3.8, 4) is 5.75 Å². The van der Waals surface area contributed by atoms with E-state index in [2.05, 4.69) is 16.7 Å². The minimum absolute atomic E-state index is 0.144. The van der Waals surface area contributed by atoms with E-state index in [1.807, 2.05) is 19.2 Å². The summed E-state index contributed by atoms with van der Waals surface area (Å²) in [5.41, 5.74) is 2.26. The Labute approximate surface area is 113 Å². The molecular weight excluding hydrogens is 240 g/mol. The molecule has 1 aliphatic carbocycles. The van der Waals surface area contributed by atoms with Crippen LogP contribution in [-0.4, -0.2) is 26.1 Å². The maximum atomic E-state index is 12.1. The minimum Gasteiger partial charge on any atom is -0.493 e. The van der Waals surface area contributed by atoms with Gasteiger partial charge >= 0.3 is 0 Å². The summed E-state index contributed by atoms with van der Waals surface area (Å²) in [6.45, 7) is 2.16. The second-order valence-corrected chi connectivity index (χ2v) is 5.53. The molecule has 0 bridgehead atoms. The molecule has 4 heteroatoms. The van der Waals surface area contributed by atoms with Crippen molar-refractivity contribution in [3.05, 3.63) is 29.3 Å². The van der Waals surface area contributed by atoms with Crippen LogP contribution < -0.4 is 15.4 Å². The molecule has 2 aliphatic rings. The maximum absolute atomic E-state index is 12.1. The van der Waals surface area contributed by atoms with E-state index in [0.29, 0.717) is 6.54 Å². The fraction of sp³-hybridized carbons (Fsp3) is 0.533. The molecule has 1 aliphatic heterocycles. The molecule has 102 valence electrons. The number of hydrogen-bond acceptors (Lipinski definition) is 3. The molecule has 1 saturated carbocycles. The van der Waals surface area contributed by atoms with Gasteiger partial charge in [0, 0.05) is 19.5 Å². The molecule has 2 N–H and O–H groups in total. The van der Waals surface area contributed by atoms with Crippen molar-refractivity contribution in [2.45, 2.75) is 25.8 Å². The molecule has 19 heavy (non-hydrogen) atoms. The zero-order valence-electron chi connectivity index (χ0n) is 11.3. The Morgan fingerprint density at radius 1 is 1.42 bits per heavy atom. The van der Waals surface area contributed by atoms with Crippen LogP contribution in [0.5, 0.6) is 5.75 Å². The summed E-state index contributed by atoms with van der Waals surface area (Å²) in [4.78, 5) is 12.1. The van der Waals surface area contributed by atoms with Gasteiger partial charge in [-0.05, 0) is 37.1 Å². The predicted molar refractivity (Wildman–Crippen MR) is 73.1 cm³/mol. The number of ether oxygens (including phenoxy) is 1. The normalized spacial score (nSPS) is 18.6. The highest BCUT2D eigenvalue weighted by Crippen LogP contribution is 2.45. The zero-order chi connectivity index (χ0) is 13.3. The third kappa shape index (κ3) is 2.45. The Balaban J connectivity index is 1.59. The van der Waals surface area contributed by atoms with E-state index in [0.717, 1.165) is 43.7 Å². The lowest BCUT2D eigenvalue weighted by molar-refractivity contribution is -0.126. The highest BCUT2D eigenvalue weighted by Gasteiger charge is 2.48. The Kier molecular flexibility index (Phi) is 3.19. The molecule has 0 aromatic heterocycles. The molecule has 0 atom stereocenters. The van der Waals surface area contributed by atoms with E-state index in [1.54, 1.807) is 0 Å². The molecule has 1 aromatic rings. The molecule has 4 nitrogen and oxygen atoms in total. The molecule has 1 amide bonds. The number of carbonyl (C=O) groups excluding carboxylic acids is 1. The Bertz CT molecular complexity index is 495. The second kappa shape index (κ2) is 4.85. The van der Waals surface area contributed by atoms with Gasteiger partial charge in [-0.1, -0.05) is 12.1 Å². The SMILES string of the molecule is CNCC1(C(=O)NCc2ccc3c(c2)CCO3)CC1. The zero-order valence-corrected chi connectivity index (χ0v) is 11.3. The van der Waals surface area contributed by atoms with Crippen molar-refractivity contribution in [1.29, 1.82) is 0 Å². The average molecular weight is 260 g/mol. The first-order valence-electron chi connectivity index (χ1n) is 6.91. The van der Waals surface area contributed by atoms with Crippen LogP contribution in [0.15, 0.2) is 18.2 Å². The van der Waals surface area contributed by atoms with E-state index in [4.69, 9.17) is 4.74 Å². The van der Waals surface area contributed by atoms with Gasteiger partial charge in [0.15, 0.2) is 0 Å². The van der Waals surface area contributed by atoms with E-state index < -0.39 is 0 Å². The molecule has 0 spiro atoms. The number of carbonyl (C=O) groups is 1. The largest absolute Gasteiger partial charge is 0.493 e. The van der Waals surface area contributed by atoms with E-state index in [9.17, 15) is 4.79 Å². The van der Waals surface area contributed by atoms with E-state index in [1.165, 1.54) is 5.56 Å². The van der Waals surface area contributed by atoms with Crippen LogP contribution in [0.3, 0.4) is 0 Å². The van der Waals surface area contributed by atoms with Crippen LogP contribution >= 0.6 is 0 Å². The monoisotopic (exact) mass is 260 g/mol. The van der Waals surface area contributed by atoms with Crippen molar-refractivity contribution in [2.24, 2.45) is 5.41 Å². The molecule has 0 unspecified atom stereocenters. The molecule has 0 saturated heterocycles. The van der Waals surface area contributed by atoms with Gasteiger partial charge in [-0.3, -0.25) is 4.79 Å². The van der Waals surface area contributed by atoms with Crippen LogP contribution in [0, 0.1) is 5.41 Å². The summed E-state index contributed by atoms with van der Waals surface area (Å²) in [5, 5.41) is 6.16. The van der Waals surface area contributed by atoms with Crippen molar-refractivity contribution in [1.82, 2.24) is 10.6 Å². The second-order valence-electron chi connectivity index (χ2n) is 5.53. The van der Waals surface area contributed by atoms with Crippen LogP contribution in [0.1, 0.15) is 24.0 Å². The molecular formula is C15H20N2O2. The molecule has 1 aromatic carbocycles. The first-order chi connectivity index (χ1) is 9.23. The van der Waals surface area contributed by atoms with Crippen molar-refractivity contribution in [2.75, 3.05) is 20.2 Å². The van der Waals surface area contributed by atoms with Crippen LogP contribution in [0.4, 0.5) is 0 Å².